The molecule has 0 aliphatic carbocycles. The number of rotatable bonds is 4. The summed E-state index contributed by atoms with van der Waals surface area (Å²) in [5.41, 5.74) is 0.777. The van der Waals surface area contributed by atoms with Gasteiger partial charge in [0.05, 0.1) is 6.33 Å². The molecule has 2 N–H and O–H groups in total. The van der Waals surface area contributed by atoms with E-state index in [0.717, 1.165) is 4.57 Å². The van der Waals surface area contributed by atoms with E-state index in [2.05, 4.69) is 10.3 Å². The Morgan fingerprint density at radius 1 is 1.47 bits per heavy atom. The van der Waals surface area contributed by atoms with E-state index in [-0.39, 0.29) is 12.1 Å². The van der Waals surface area contributed by atoms with Gasteiger partial charge in [0.15, 0.2) is 0 Å². The smallest absolute Gasteiger partial charge is 0.322 e. The maximum atomic E-state index is 11.7. The minimum atomic E-state index is -1.14. The molecule has 0 aromatic carbocycles. The summed E-state index contributed by atoms with van der Waals surface area (Å²) in [4.78, 5) is 37.2. The van der Waals surface area contributed by atoms with Crippen molar-refractivity contribution >= 4 is 11.9 Å². The van der Waals surface area contributed by atoms with Crippen LogP contribution in [0.5, 0.6) is 0 Å². The first-order valence-corrected chi connectivity index (χ1v) is 4.93. The number of carboxylic acid groups (broad SMARTS) is 1. The third-order valence-corrected chi connectivity index (χ3v) is 2.27. The lowest BCUT2D eigenvalue weighted by molar-refractivity contribution is -0.138. The molecule has 1 aromatic rings. The van der Waals surface area contributed by atoms with Crippen molar-refractivity contribution in [1.82, 2.24) is 14.9 Å². The zero-order valence-corrected chi connectivity index (χ0v) is 9.56. The standard InChI is InChI=1S/C10H13N3O4/c1-6-7(2)12-5-13(10(6)17)4-8(14)11-3-9(15)16/h5H,3-4H2,1-2H3,(H,11,14)(H,15,16). The zero-order valence-electron chi connectivity index (χ0n) is 9.56. The molecule has 1 rings (SSSR count). The van der Waals surface area contributed by atoms with E-state index in [0.29, 0.717) is 11.3 Å². The van der Waals surface area contributed by atoms with Gasteiger partial charge in [0, 0.05) is 11.3 Å². The summed E-state index contributed by atoms with van der Waals surface area (Å²) in [6.07, 6.45) is 1.27. The van der Waals surface area contributed by atoms with Crippen LogP contribution in [0, 0.1) is 13.8 Å². The molecule has 0 radical (unpaired) electrons. The molecule has 17 heavy (non-hydrogen) atoms. The predicted octanol–water partition coefficient (Wildman–Crippen LogP) is -0.939. The van der Waals surface area contributed by atoms with Crippen LogP contribution in [0.1, 0.15) is 11.3 Å². The number of carbonyl (C=O) groups is 2. The van der Waals surface area contributed by atoms with Crippen molar-refractivity contribution in [1.29, 1.82) is 0 Å². The fourth-order valence-corrected chi connectivity index (χ4v) is 1.17. The number of carbonyl (C=O) groups excluding carboxylic acids is 1. The number of hydrogen-bond acceptors (Lipinski definition) is 4. The summed E-state index contributed by atoms with van der Waals surface area (Å²) in [6, 6.07) is 0. The van der Waals surface area contributed by atoms with Gasteiger partial charge in [-0.15, -0.1) is 0 Å². The minimum absolute atomic E-state index is 0.236. The molecule has 0 fully saturated rings. The van der Waals surface area contributed by atoms with Crippen LogP contribution in [0.4, 0.5) is 0 Å². The van der Waals surface area contributed by atoms with Crippen molar-refractivity contribution in [2.75, 3.05) is 6.54 Å². The number of aromatic nitrogens is 2. The summed E-state index contributed by atoms with van der Waals surface area (Å²) in [7, 11) is 0. The molecule has 7 heteroatoms. The normalized spacial score (nSPS) is 10.0. The van der Waals surface area contributed by atoms with Gasteiger partial charge in [0.1, 0.15) is 13.1 Å². The highest BCUT2D eigenvalue weighted by Gasteiger charge is 2.08. The van der Waals surface area contributed by atoms with Crippen molar-refractivity contribution in [3.05, 3.63) is 27.9 Å². The van der Waals surface area contributed by atoms with Crippen molar-refractivity contribution in [2.24, 2.45) is 0 Å². The number of carboxylic acids is 1. The van der Waals surface area contributed by atoms with E-state index in [1.54, 1.807) is 13.8 Å². The molecule has 0 aliphatic heterocycles. The summed E-state index contributed by atoms with van der Waals surface area (Å²) >= 11 is 0. The van der Waals surface area contributed by atoms with Crippen LogP contribution >= 0.6 is 0 Å². The number of aliphatic carboxylic acids is 1. The first-order chi connectivity index (χ1) is 7.91. The molecule has 0 atom stereocenters. The van der Waals surface area contributed by atoms with Gasteiger partial charge in [0.2, 0.25) is 5.91 Å². The summed E-state index contributed by atoms with van der Waals surface area (Å²) in [5.74, 6) is -1.68. The first kappa shape index (κ1) is 12.9. The van der Waals surface area contributed by atoms with Crippen LogP contribution < -0.4 is 10.9 Å². The van der Waals surface area contributed by atoms with Crippen LogP contribution in [0.25, 0.3) is 0 Å². The van der Waals surface area contributed by atoms with Gasteiger partial charge in [-0.25, -0.2) is 4.98 Å². The zero-order chi connectivity index (χ0) is 13.0. The number of nitrogens with zero attached hydrogens (tertiary/aromatic N) is 2. The average Bonchev–Trinajstić information content (AvgIpc) is 2.27. The lowest BCUT2D eigenvalue weighted by atomic mass is 10.3. The molecule has 7 nitrogen and oxygen atoms in total. The maximum absolute atomic E-state index is 11.7. The van der Waals surface area contributed by atoms with E-state index >= 15 is 0 Å². The highest BCUT2D eigenvalue weighted by molar-refractivity contribution is 5.80. The van der Waals surface area contributed by atoms with Crippen LogP contribution in [0.15, 0.2) is 11.1 Å². The predicted molar refractivity (Wildman–Crippen MR) is 58.6 cm³/mol. The molecule has 1 aromatic heterocycles. The molecule has 0 saturated carbocycles. The highest BCUT2D eigenvalue weighted by atomic mass is 16.4. The second-order valence-electron chi connectivity index (χ2n) is 3.56. The third kappa shape index (κ3) is 3.40. The van der Waals surface area contributed by atoms with Crippen molar-refractivity contribution in [2.45, 2.75) is 20.4 Å². The molecule has 0 saturated heterocycles. The van der Waals surface area contributed by atoms with Crippen molar-refractivity contribution in [3.63, 3.8) is 0 Å². The lowest BCUT2D eigenvalue weighted by Crippen LogP contribution is -2.35. The van der Waals surface area contributed by atoms with Crippen LogP contribution in [0.2, 0.25) is 0 Å². The quantitative estimate of drug-likeness (QED) is 0.706. The maximum Gasteiger partial charge on any atom is 0.322 e. The van der Waals surface area contributed by atoms with E-state index in [1.165, 1.54) is 6.33 Å². The topological polar surface area (TPSA) is 101 Å². The number of hydrogen-bond donors (Lipinski definition) is 2. The van der Waals surface area contributed by atoms with Gasteiger partial charge in [-0.05, 0) is 13.8 Å². The molecular formula is C10H13N3O4. The fourth-order valence-electron chi connectivity index (χ4n) is 1.17. The lowest BCUT2D eigenvalue weighted by Gasteiger charge is -2.07. The largest absolute Gasteiger partial charge is 0.480 e. The molecule has 0 unspecified atom stereocenters. The fraction of sp³-hybridized carbons (Fsp3) is 0.400. The molecule has 0 aliphatic rings. The van der Waals surface area contributed by atoms with Gasteiger partial charge in [-0.1, -0.05) is 0 Å². The van der Waals surface area contributed by atoms with Gasteiger partial charge in [-0.2, -0.15) is 0 Å². The third-order valence-electron chi connectivity index (χ3n) is 2.27. The van der Waals surface area contributed by atoms with E-state index in [1.807, 2.05) is 0 Å². The second-order valence-corrected chi connectivity index (χ2v) is 3.56. The Labute approximate surface area is 97.1 Å². The number of aryl methyl sites for hydroxylation is 1. The Kier molecular flexibility index (Phi) is 3.97. The molecule has 92 valence electrons. The Morgan fingerprint density at radius 3 is 2.71 bits per heavy atom. The van der Waals surface area contributed by atoms with E-state index in [9.17, 15) is 14.4 Å². The molecule has 0 spiro atoms. The van der Waals surface area contributed by atoms with E-state index in [4.69, 9.17) is 5.11 Å². The van der Waals surface area contributed by atoms with Crippen LogP contribution in [-0.4, -0.2) is 33.1 Å². The number of nitrogens with one attached hydrogen (secondary N) is 1. The van der Waals surface area contributed by atoms with Gasteiger partial charge in [-0.3, -0.25) is 19.0 Å². The van der Waals surface area contributed by atoms with Gasteiger partial charge < -0.3 is 10.4 Å². The van der Waals surface area contributed by atoms with Gasteiger partial charge >= 0.3 is 5.97 Å². The average molecular weight is 239 g/mol. The molecule has 0 bridgehead atoms. The SMILES string of the molecule is Cc1ncn(CC(=O)NCC(=O)O)c(=O)c1C. The van der Waals surface area contributed by atoms with Crippen molar-refractivity contribution in [3.8, 4) is 0 Å². The molecule has 1 amide bonds. The second kappa shape index (κ2) is 5.24. The molecular weight excluding hydrogens is 226 g/mol. The highest BCUT2D eigenvalue weighted by Crippen LogP contribution is 1.94. The Hall–Kier alpha value is -2.18. The molecule has 1 heterocycles. The summed E-state index contributed by atoms with van der Waals surface area (Å²) in [5, 5.41) is 10.5. The first-order valence-electron chi connectivity index (χ1n) is 4.93. The van der Waals surface area contributed by atoms with Crippen LogP contribution in [-0.2, 0) is 16.1 Å². The van der Waals surface area contributed by atoms with Crippen molar-refractivity contribution < 1.29 is 14.7 Å². The summed E-state index contributed by atoms with van der Waals surface area (Å²) < 4.78 is 1.14. The van der Waals surface area contributed by atoms with E-state index < -0.39 is 18.4 Å². The Bertz CT molecular complexity index is 507. The monoisotopic (exact) mass is 239 g/mol. The van der Waals surface area contributed by atoms with Gasteiger partial charge in [0.25, 0.3) is 5.56 Å². The minimum Gasteiger partial charge on any atom is -0.480 e. The Morgan fingerprint density at radius 2 is 2.12 bits per heavy atom. The Balaban J connectivity index is 2.76. The van der Waals surface area contributed by atoms with Crippen LogP contribution in [0.3, 0.4) is 0 Å². The summed E-state index contributed by atoms with van der Waals surface area (Å²) in [6.45, 7) is 2.62. The number of amides is 1.